The SMILES string of the molecule is O=C(c1cnc(-c2ccccc2)nc1)N1CCO[C@H](c2ccccc2)C1. The van der Waals surface area contributed by atoms with E-state index in [0.29, 0.717) is 31.1 Å². The zero-order valence-electron chi connectivity index (χ0n) is 14.3. The molecule has 0 saturated carbocycles. The summed E-state index contributed by atoms with van der Waals surface area (Å²) in [6.45, 7) is 1.63. The number of morpholine rings is 1. The van der Waals surface area contributed by atoms with Crippen molar-refractivity contribution < 1.29 is 9.53 Å². The molecule has 2 heterocycles. The van der Waals surface area contributed by atoms with Crippen LogP contribution in [0.2, 0.25) is 0 Å². The molecule has 0 bridgehead atoms. The van der Waals surface area contributed by atoms with Gasteiger partial charge >= 0.3 is 0 Å². The molecule has 26 heavy (non-hydrogen) atoms. The summed E-state index contributed by atoms with van der Waals surface area (Å²) in [4.78, 5) is 23.3. The maximum absolute atomic E-state index is 12.8. The third kappa shape index (κ3) is 3.48. The first kappa shape index (κ1) is 16.4. The molecule has 1 aromatic heterocycles. The Morgan fingerprint density at radius 2 is 1.62 bits per heavy atom. The summed E-state index contributed by atoms with van der Waals surface area (Å²) in [5.41, 5.74) is 2.51. The fourth-order valence-corrected chi connectivity index (χ4v) is 3.06. The molecule has 2 aromatic carbocycles. The highest BCUT2D eigenvalue weighted by atomic mass is 16.5. The maximum atomic E-state index is 12.8. The Morgan fingerprint density at radius 1 is 0.962 bits per heavy atom. The van der Waals surface area contributed by atoms with Crippen LogP contribution in [-0.2, 0) is 4.74 Å². The number of benzene rings is 2. The van der Waals surface area contributed by atoms with Gasteiger partial charge in [-0.3, -0.25) is 4.79 Å². The van der Waals surface area contributed by atoms with Gasteiger partial charge in [-0.2, -0.15) is 0 Å². The molecule has 3 aromatic rings. The first-order valence-corrected chi connectivity index (χ1v) is 8.64. The van der Waals surface area contributed by atoms with Gasteiger partial charge in [0.05, 0.1) is 18.7 Å². The van der Waals surface area contributed by atoms with E-state index in [4.69, 9.17) is 4.74 Å². The lowest BCUT2D eigenvalue weighted by atomic mass is 10.1. The predicted molar refractivity (Wildman–Crippen MR) is 98.5 cm³/mol. The number of hydrogen-bond donors (Lipinski definition) is 0. The minimum absolute atomic E-state index is 0.0613. The van der Waals surface area contributed by atoms with Crippen molar-refractivity contribution >= 4 is 5.91 Å². The summed E-state index contributed by atoms with van der Waals surface area (Å²) < 4.78 is 5.83. The molecule has 0 aliphatic carbocycles. The van der Waals surface area contributed by atoms with Crippen molar-refractivity contribution in [3.05, 3.63) is 84.2 Å². The van der Waals surface area contributed by atoms with Crippen molar-refractivity contribution in [3.63, 3.8) is 0 Å². The van der Waals surface area contributed by atoms with E-state index >= 15 is 0 Å². The number of ether oxygens (including phenoxy) is 1. The van der Waals surface area contributed by atoms with Crippen LogP contribution in [0.4, 0.5) is 0 Å². The topological polar surface area (TPSA) is 55.3 Å². The van der Waals surface area contributed by atoms with E-state index in [1.807, 2.05) is 65.6 Å². The van der Waals surface area contributed by atoms with Gasteiger partial charge in [0.2, 0.25) is 0 Å². The highest BCUT2D eigenvalue weighted by Crippen LogP contribution is 2.23. The summed E-state index contributed by atoms with van der Waals surface area (Å²) in [5, 5.41) is 0. The number of carbonyl (C=O) groups excluding carboxylic acids is 1. The zero-order valence-corrected chi connectivity index (χ0v) is 14.3. The van der Waals surface area contributed by atoms with Gasteiger partial charge in [-0.15, -0.1) is 0 Å². The number of carbonyl (C=O) groups is 1. The minimum Gasteiger partial charge on any atom is -0.370 e. The Kier molecular flexibility index (Phi) is 4.71. The van der Waals surface area contributed by atoms with Gasteiger partial charge in [0, 0.05) is 24.5 Å². The van der Waals surface area contributed by atoms with Crippen LogP contribution in [-0.4, -0.2) is 40.5 Å². The van der Waals surface area contributed by atoms with Crippen molar-refractivity contribution in [2.75, 3.05) is 19.7 Å². The average molecular weight is 345 g/mol. The molecule has 1 aliphatic heterocycles. The van der Waals surface area contributed by atoms with Crippen molar-refractivity contribution in [2.45, 2.75) is 6.10 Å². The lowest BCUT2D eigenvalue weighted by Gasteiger charge is -2.33. The zero-order chi connectivity index (χ0) is 17.8. The lowest BCUT2D eigenvalue weighted by molar-refractivity contribution is -0.0228. The highest BCUT2D eigenvalue weighted by Gasteiger charge is 2.26. The molecule has 0 unspecified atom stereocenters. The fourth-order valence-electron chi connectivity index (χ4n) is 3.06. The monoisotopic (exact) mass is 345 g/mol. The van der Waals surface area contributed by atoms with E-state index in [9.17, 15) is 4.79 Å². The van der Waals surface area contributed by atoms with E-state index < -0.39 is 0 Å². The van der Waals surface area contributed by atoms with Gasteiger partial charge in [0.25, 0.3) is 5.91 Å². The second-order valence-corrected chi connectivity index (χ2v) is 6.18. The van der Waals surface area contributed by atoms with Crippen LogP contribution in [0, 0.1) is 0 Å². The number of aromatic nitrogens is 2. The third-order valence-electron chi connectivity index (χ3n) is 4.46. The first-order valence-electron chi connectivity index (χ1n) is 8.64. The van der Waals surface area contributed by atoms with Crippen LogP contribution >= 0.6 is 0 Å². The molecule has 5 nitrogen and oxygen atoms in total. The fraction of sp³-hybridized carbons (Fsp3) is 0.190. The summed E-state index contributed by atoms with van der Waals surface area (Å²) in [5.74, 6) is 0.556. The van der Waals surface area contributed by atoms with Crippen molar-refractivity contribution in [2.24, 2.45) is 0 Å². The molecule has 5 heteroatoms. The van der Waals surface area contributed by atoms with E-state index in [-0.39, 0.29) is 12.0 Å². The van der Waals surface area contributed by atoms with Gasteiger partial charge in [0.15, 0.2) is 5.82 Å². The van der Waals surface area contributed by atoms with Gasteiger partial charge in [-0.1, -0.05) is 60.7 Å². The van der Waals surface area contributed by atoms with E-state index in [2.05, 4.69) is 9.97 Å². The molecule has 1 saturated heterocycles. The van der Waals surface area contributed by atoms with Crippen LogP contribution in [0.15, 0.2) is 73.1 Å². The van der Waals surface area contributed by atoms with E-state index in [1.54, 1.807) is 12.4 Å². The molecule has 130 valence electrons. The molecule has 0 spiro atoms. The second-order valence-electron chi connectivity index (χ2n) is 6.18. The summed E-state index contributed by atoms with van der Waals surface area (Å²) in [7, 11) is 0. The standard InChI is InChI=1S/C21H19N3O2/c25-21(18-13-22-20(23-14-18)17-9-5-2-6-10-17)24-11-12-26-19(15-24)16-7-3-1-4-8-16/h1-10,13-14,19H,11-12,15H2/t19-/m0/s1. The molecule has 1 aliphatic rings. The Morgan fingerprint density at radius 3 is 2.31 bits per heavy atom. The smallest absolute Gasteiger partial charge is 0.257 e. The van der Waals surface area contributed by atoms with Gasteiger partial charge in [-0.25, -0.2) is 9.97 Å². The second kappa shape index (κ2) is 7.45. The van der Waals surface area contributed by atoms with Crippen molar-refractivity contribution in [1.82, 2.24) is 14.9 Å². The van der Waals surface area contributed by atoms with E-state index in [0.717, 1.165) is 11.1 Å². The number of hydrogen-bond acceptors (Lipinski definition) is 4. The molecule has 1 atom stereocenters. The molecule has 1 amide bonds. The molecule has 1 fully saturated rings. The summed E-state index contributed by atoms with van der Waals surface area (Å²) in [6.07, 6.45) is 3.10. The average Bonchev–Trinajstić information content (AvgIpc) is 2.75. The Bertz CT molecular complexity index is 867. The minimum atomic E-state index is -0.0987. The number of amides is 1. The summed E-state index contributed by atoms with van der Waals surface area (Å²) in [6, 6.07) is 19.7. The number of nitrogens with zero attached hydrogens (tertiary/aromatic N) is 3. The Labute approximate surface area is 152 Å². The van der Waals surface area contributed by atoms with Gasteiger partial charge in [0.1, 0.15) is 6.10 Å². The van der Waals surface area contributed by atoms with E-state index in [1.165, 1.54) is 0 Å². The molecule has 0 N–H and O–H groups in total. The molecular weight excluding hydrogens is 326 g/mol. The van der Waals surface area contributed by atoms with Crippen LogP contribution in [0.5, 0.6) is 0 Å². The van der Waals surface area contributed by atoms with Crippen molar-refractivity contribution in [3.8, 4) is 11.4 Å². The lowest BCUT2D eigenvalue weighted by Crippen LogP contribution is -2.42. The maximum Gasteiger partial charge on any atom is 0.257 e. The highest BCUT2D eigenvalue weighted by molar-refractivity contribution is 5.93. The quantitative estimate of drug-likeness (QED) is 0.730. The van der Waals surface area contributed by atoms with Crippen LogP contribution in [0.3, 0.4) is 0 Å². The first-order chi connectivity index (χ1) is 12.8. The Balaban J connectivity index is 1.48. The van der Waals surface area contributed by atoms with Gasteiger partial charge < -0.3 is 9.64 Å². The Hall–Kier alpha value is -3.05. The molecule has 0 radical (unpaired) electrons. The predicted octanol–water partition coefficient (Wildman–Crippen LogP) is 3.36. The molecular formula is C21H19N3O2. The van der Waals surface area contributed by atoms with Crippen LogP contribution in [0.25, 0.3) is 11.4 Å². The third-order valence-corrected chi connectivity index (χ3v) is 4.46. The summed E-state index contributed by atoms with van der Waals surface area (Å²) >= 11 is 0. The van der Waals surface area contributed by atoms with Crippen LogP contribution in [0.1, 0.15) is 22.0 Å². The molecule has 4 rings (SSSR count). The van der Waals surface area contributed by atoms with Gasteiger partial charge in [-0.05, 0) is 5.56 Å². The normalized spacial score (nSPS) is 17.1. The largest absolute Gasteiger partial charge is 0.370 e. The van der Waals surface area contributed by atoms with Crippen molar-refractivity contribution in [1.29, 1.82) is 0 Å². The number of rotatable bonds is 3. The van der Waals surface area contributed by atoms with Crippen LogP contribution < -0.4 is 0 Å².